The zero-order valence-corrected chi connectivity index (χ0v) is 12.1. The molecule has 21 heavy (non-hydrogen) atoms. The summed E-state index contributed by atoms with van der Waals surface area (Å²) in [5, 5.41) is 11.9. The average Bonchev–Trinajstić information content (AvgIpc) is 2.47. The molecule has 5 nitrogen and oxygen atoms in total. The van der Waals surface area contributed by atoms with Crippen LogP contribution < -0.4 is 10.1 Å². The number of halogens is 1. The highest BCUT2D eigenvalue weighted by atomic mass is 32.2. The Kier molecular flexibility index (Phi) is 5.06. The normalized spacial score (nSPS) is 17.0. The van der Waals surface area contributed by atoms with E-state index in [9.17, 15) is 19.1 Å². The Morgan fingerprint density at radius 3 is 2.48 bits per heavy atom. The van der Waals surface area contributed by atoms with E-state index in [0.717, 1.165) is 0 Å². The number of carbonyl (C=O) groups is 2. The minimum atomic E-state index is -1.20. The van der Waals surface area contributed by atoms with Crippen LogP contribution in [0.3, 0.4) is 0 Å². The summed E-state index contributed by atoms with van der Waals surface area (Å²) in [7, 11) is 0. The lowest BCUT2D eigenvalue weighted by molar-refractivity contribution is -0.148. The first kappa shape index (κ1) is 15.6. The van der Waals surface area contributed by atoms with Gasteiger partial charge in [-0.2, -0.15) is 11.8 Å². The van der Waals surface area contributed by atoms with Gasteiger partial charge < -0.3 is 15.2 Å². The molecule has 2 N–H and O–H groups in total. The minimum Gasteiger partial charge on any atom is -0.484 e. The molecule has 1 aliphatic rings. The number of carboxylic acid groups (broad SMARTS) is 1. The lowest BCUT2D eigenvalue weighted by atomic mass is 9.92. The number of hydrogen-bond acceptors (Lipinski definition) is 4. The largest absolute Gasteiger partial charge is 0.484 e. The molecule has 1 amide bonds. The zero-order valence-electron chi connectivity index (χ0n) is 11.3. The van der Waals surface area contributed by atoms with Gasteiger partial charge in [0, 0.05) is 0 Å². The molecule has 0 atom stereocenters. The van der Waals surface area contributed by atoms with E-state index in [-0.39, 0.29) is 6.61 Å². The molecule has 114 valence electrons. The topological polar surface area (TPSA) is 75.6 Å². The fraction of sp³-hybridized carbons (Fsp3) is 0.429. The quantitative estimate of drug-likeness (QED) is 0.865. The van der Waals surface area contributed by atoms with Gasteiger partial charge in [0.1, 0.15) is 17.1 Å². The summed E-state index contributed by atoms with van der Waals surface area (Å²) in [5.74, 6) is -0.144. The summed E-state index contributed by atoms with van der Waals surface area (Å²) in [4.78, 5) is 23.3. The molecule has 0 bridgehead atoms. The number of thioether (sulfide) groups is 1. The number of carboxylic acids is 1. The third-order valence-corrected chi connectivity index (χ3v) is 4.30. The molecular weight excluding hydrogens is 297 g/mol. The van der Waals surface area contributed by atoms with E-state index in [2.05, 4.69) is 5.32 Å². The highest BCUT2D eigenvalue weighted by molar-refractivity contribution is 7.99. The second-order valence-electron chi connectivity index (χ2n) is 4.79. The first-order valence-electron chi connectivity index (χ1n) is 6.52. The summed E-state index contributed by atoms with van der Waals surface area (Å²) < 4.78 is 17.9. The lowest BCUT2D eigenvalue weighted by Gasteiger charge is -2.33. The first-order valence-corrected chi connectivity index (χ1v) is 7.68. The van der Waals surface area contributed by atoms with Crippen molar-refractivity contribution in [3.63, 3.8) is 0 Å². The van der Waals surface area contributed by atoms with Crippen molar-refractivity contribution in [3.8, 4) is 5.75 Å². The molecular formula is C14H16FNO4S. The van der Waals surface area contributed by atoms with Crippen LogP contribution in [0.2, 0.25) is 0 Å². The van der Waals surface area contributed by atoms with Gasteiger partial charge in [0.05, 0.1) is 0 Å². The maximum absolute atomic E-state index is 12.7. The highest BCUT2D eigenvalue weighted by Gasteiger charge is 2.41. The predicted octanol–water partition coefficient (Wildman–Crippen LogP) is 1.67. The minimum absolute atomic E-state index is 0.298. The molecule has 0 aromatic heterocycles. The van der Waals surface area contributed by atoms with E-state index in [1.165, 1.54) is 24.3 Å². The van der Waals surface area contributed by atoms with E-state index in [4.69, 9.17) is 4.74 Å². The molecule has 2 rings (SSSR count). The van der Waals surface area contributed by atoms with Crippen LogP contribution in [0.15, 0.2) is 24.3 Å². The van der Waals surface area contributed by atoms with Crippen LogP contribution in [-0.4, -0.2) is 40.6 Å². The van der Waals surface area contributed by atoms with Crippen LogP contribution >= 0.6 is 11.8 Å². The van der Waals surface area contributed by atoms with Crippen LogP contribution in [0.25, 0.3) is 0 Å². The van der Waals surface area contributed by atoms with Crippen LogP contribution in [0.4, 0.5) is 4.39 Å². The van der Waals surface area contributed by atoms with Gasteiger partial charge in [-0.15, -0.1) is 0 Å². The Morgan fingerprint density at radius 1 is 1.29 bits per heavy atom. The number of hydrogen-bond donors (Lipinski definition) is 2. The van der Waals surface area contributed by atoms with Crippen molar-refractivity contribution in [2.24, 2.45) is 0 Å². The number of aliphatic carboxylic acids is 1. The standard InChI is InChI=1S/C14H16FNO4S/c15-10-1-3-11(4-2-10)20-9-12(17)16-14(13(18)19)5-7-21-8-6-14/h1-4H,5-9H2,(H,16,17)(H,18,19). The van der Waals surface area contributed by atoms with Crippen LogP contribution in [0, 0.1) is 5.82 Å². The van der Waals surface area contributed by atoms with Gasteiger partial charge in [0.25, 0.3) is 5.91 Å². The maximum atomic E-state index is 12.7. The second kappa shape index (κ2) is 6.80. The molecule has 1 aliphatic heterocycles. The Bertz CT molecular complexity index is 514. The lowest BCUT2D eigenvalue weighted by Crippen LogP contribution is -2.57. The van der Waals surface area contributed by atoms with E-state index in [1.807, 2.05) is 0 Å². The van der Waals surface area contributed by atoms with Crippen LogP contribution in [0.1, 0.15) is 12.8 Å². The molecule has 0 spiro atoms. The summed E-state index contributed by atoms with van der Waals surface area (Å²) in [6, 6.07) is 5.27. The van der Waals surface area contributed by atoms with Crippen molar-refractivity contribution >= 4 is 23.6 Å². The molecule has 7 heteroatoms. The molecule has 1 fully saturated rings. The maximum Gasteiger partial charge on any atom is 0.329 e. The monoisotopic (exact) mass is 313 g/mol. The molecule has 0 unspecified atom stereocenters. The Balaban J connectivity index is 1.90. The van der Waals surface area contributed by atoms with E-state index < -0.39 is 23.2 Å². The predicted molar refractivity (Wildman–Crippen MR) is 77.0 cm³/mol. The second-order valence-corrected chi connectivity index (χ2v) is 6.02. The van der Waals surface area contributed by atoms with E-state index >= 15 is 0 Å². The van der Waals surface area contributed by atoms with Crippen molar-refractivity contribution < 1.29 is 23.8 Å². The highest BCUT2D eigenvalue weighted by Crippen LogP contribution is 2.27. The zero-order chi connectivity index (χ0) is 15.3. The van der Waals surface area contributed by atoms with E-state index in [0.29, 0.717) is 30.1 Å². The van der Waals surface area contributed by atoms with Crippen molar-refractivity contribution in [2.75, 3.05) is 18.1 Å². The fourth-order valence-corrected chi connectivity index (χ4v) is 3.28. The molecule has 1 saturated heterocycles. The fourth-order valence-electron chi connectivity index (χ4n) is 2.09. The molecule has 1 aromatic rings. The van der Waals surface area contributed by atoms with Gasteiger partial charge in [-0.1, -0.05) is 0 Å². The van der Waals surface area contributed by atoms with Gasteiger partial charge in [-0.05, 0) is 48.6 Å². The third-order valence-electron chi connectivity index (χ3n) is 3.32. The number of rotatable bonds is 5. The summed E-state index contributed by atoms with van der Waals surface area (Å²) in [6.07, 6.45) is 0.796. The van der Waals surface area contributed by atoms with Gasteiger partial charge in [0.15, 0.2) is 6.61 Å². The van der Waals surface area contributed by atoms with Gasteiger partial charge in [0.2, 0.25) is 0 Å². The number of ether oxygens (including phenoxy) is 1. The Labute approximate surface area is 125 Å². The molecule has 1 heterocycles. The average molecular weight is 313 g/mol. The number of nitrogens with one attached hydrogen (secondary N) is 1. The van der Waals surface area contributed by atoms with Crippen molar-refractivity contribution in [1.82, 2.24) is 5.32 Å². The SMILES string of the molecule is O=C(COc1ccc(F)cc1)NC1(C(=O)O)CCSCC1. The van der Waals surface area contributed by atoms with Crippen molar-refractivity contribution in [1.29, 1.82) is 0 Å². The van der Waals surface area contributed by atoms with Gasteiger partial charge in [-0.3, -0.25) is 4.79 Å². The van der Waals surface area contributed by atoms with Gasteiger partial charge in [-0.25, -0.2) is 9.18 Å². The summed E-state index contributed by atoms with van der Waals surface area (Å²) >= 11 is 1.67. The number of amides is 1. The molecule has 1 aromatic carbocycles. The van der Waals surface area contributed by atoms with Crippen molar-refractivity contribution in [3.05, 3.63) is 30.1 Å². The molecule has 0 radical (unpaired) electrons. The summed E-state index contributed by atoms with van der Waals surface area (Å²) in [6.45, 7) is -0.298. The van der Waals surface area contributed by atoms with Crippen LogP contribution in [0.5, 0.6) is 5.75 Å². The number of carbonyl (C=O) groups excluding carboxylic acids is 1. The summed E-state index contributed by atoms with van der Waals surface area (Å²) in [5.41, 5.74) is -1.20. The van der Waals surface area contributed by atoms with Crippen molar-refractivity contribution in [2.45, 2.75) is 18.4 Å². The van der Waals surface area contributed by atoms with E-state index in [1.54, 1.807) is 11.8 Å². The van der Waals surface area contributed by atoms with Crippen LogP contribution in [-0.2, 0) is 9.59 Å². The molecule has 0 saturated carbocycles. The first-order chi connectivity index (χ1) is 10.0. The smallest absolute Gasteiger partial charge is 0.329 e. The third kappa shape index (κ3) is 4.10. The Hall–Kier alpha value is -1.76. The van der Waals surface area contributed by atoms with Gasteiger partial charge >= 0.3 is 5.97 Å². The Morgan fingerprint density at radius 2 is 1.90 bits per heavy atom. The number of benzene rings is 1. The molecule has 0 aliphatic carbocycles.